The second-order valence-electron chi connectivity index (χ2n) is 13.4. The van der Waals surface area contributed by atoms with Crippen LogP contribution in [0.5, 0.6) is 0 Å². The maximum atomic E-state index is 12.1. The second kappa shape index (κ2) is 12.0. The highest BCUT2D eigenvalue weighted by Gasteiger charge is 2.63. The summed E-state index contributed by atoms with van der Waals surface area (Å²) >= 11 is 0. The molecule has 0 radical (unpaired) electrons. The Hall–Kier alpha value is -0.980. The first-order chi connectivity index (χ1) is 17.7. The molecule has 0 heterocycles. The fourth-order valence-electron chi connectivity index (χ4n) is 9.70. The lowest BCUT2D eigenvalue weighted by molar-refractivity contribution is -0.190. The van der Waals surface area contributed by atoms with Gasteiger partial charge in [-0.05, 0) is 111 Å². The summed E-state index contributed by atoms with van der Waals surface area (Å²) in [5.74, 6) is 4.38. The molecule has 0 aromatic rings. The summed E-state index contributed by atoms with van der Waals surface area (Å²) in [6.07, 6.45) is 12.4. The lowest BCUT2D eigenvalue weighted by Gasteiger charge is -2.63. The van der Waals surface area contributed by atoms with Gasteiger partial charge >= 0.3 is 0 Å². The number of nitrogens with one attached hydrogen (secondary N) is 2. The van der Waals surface area contributed by atoms with Crippen LogP contribution in [-0.2, 0) is 19.2 Å². The number of hydrogen-bond donors (Lipinski definition) is 2. The summed E-state index contributed by atoms with van der Waals surface area (Å²) in [5, 5.41) is 2.98. The van der Waals surface area contributed by atoms with Crippen molar-refractivity contribution in [2.24, 2.45) is 46.3 Å². The van der Waals surface area contributed by atoms with E-state index in [1.165, 1.54) is 32.1 Å². The monoisotopic (exact) mass is 518 g/mol. The highest BCUT2D eigenvalue weighted by Crippen LogP contribution is 2.68. The average Bonchev–Trinajstić information content (AvgIpc) is 3.24. The zero-order chi connectivity index (χ0) is 26.8. The van der Waals surface area contributed by atoms with E-state index in [0.29, 0.717) is 65.9 Å². The van der Waals surface area contributed by atoms with Gasteiger partial charge in [0.05, 0.1) is 18.8 Å². The summed E-state index contributed by atoms with van der Waals surface area (Å²) in [6.45, 7) is 12.5. The van der Waals surface area contributed by atoms with Gasteiger partial charge in [-0.2, -0.15) is 5.48 Å². The Kier molecular flexibility index (Phi) is 9.44. The van der Waals surface area contributed by atoms with E-state index in [2.05, 4.69) is 31.6 Å². The molecule has 4 unspecified atom stereocenters. The first-order valence-electron chi connectivity index (χ1n) is 15.4. The van der Waals surface area contributed by atoms with Gasteiger partial charge in [-0.25, -0.2) is 0 Å². The van der Waals surface area contributed by atoms with E-state index in [9.17, 15) is 9.59 Å². The number of hydrogen-bond acceptors (Lipinski definition) is 5. The second-order valence-corrected chi connectivity index (χ2v) is 13.4. The van der Waals surface area contributed by atoms with Gasteiger partial charge in [0, 0.05) is 26.5 Å². The van der Waals surface area contributed by atoms with Crippen LogP contribution in [0.25, 0.3) is 0 Å². The average molecular weight is 519 g/mol. The first-order valence-corrected chi connectivity index (χ1v) is 15.4. The molecule has 1 amide bonds. The third-order valence-electron chi connectivity index (χ3n) is 11.8. The van der Waals surface area contributed by atoms with Crippen LogP contribution in [-0.4, -0.2) is 44.1 Å². The minimum Gasteiger partial charge on any atom is -0.381 e. The number of methoxy groups -OCH3 is 1. The number of ketones is 1. The summed E-state index contributed by atoms with van der Waals surface area (Å²) in [4.78, 5) is 29.8. The molecule has 4 aliphatic carbocycles. The van der Waals surface area contributed by atoms with Crippen molar-refractivity contribution in [3.63, 3.8) is 0 Å². The quantitative estimate of drug-likeness (QED) is 0.344. The van der Waals surface area contributed by atoms with Crippen LogP contribution in [0.15, 0.2) is 0 Å². The van der Waals surface area contributed by atoms with Crippen molar-refractivity contribution < 1.29 is 19.2 Å². The topological polar surface area (TPSA) is 76.7 Å². The van der Waals surface area contributed by atoms with Crippen LogP contribution in [0.2, 0.25) is 0 Å². The first kappa shape index (κ1) is 29.0. The van der Waals surface area contributed by atoms with Crippen LogP contribution >= 0.6 is 0 Å². The summed E-state index contributed by atoms with van der Waals surface area (Å²) in [5.41, 5.74) is 3.67. The largest absolute Gasteiger partial charge is 0.381 e. The van der Waals surface area contributed by atoms with Crippen molar-refractivity contribution >= 4 is 11.7 Å². The summed E-state index contributed by atoms with van der Waals surface area (Å²) < 4.78 is 6.32. The Morgan fingerprint density at radius 2 is 1.73 bits per heavy atom. The predicted octanol–water partition coefficient (Wildman–Crippen LogP) is 5.69. The minimum atomic E-state index is 0.187. The number of carbonyl (C=O) groups is 2. The number of hydroxylamine groups is 1. The zero-order valence-electron chi connectivity index (χ0n) is 24.4. The number of amides is 1. The van der Waals surface area contributed by atoms with E-state index >= 15 is 0 Å². The van der Waals surface area contributed by atoms with Crippen LogP contribution in [0.1, 0.15) is 105 Å². The molecule has 212 valence electrons. The molecule has 10 atom stereocenters. The predicted molar refractivity (Wildman–Crippen MR) is 147 cm³/mol. The Bertz CT molecular complexity index is 804. The van der Waals surface area contributed by atoms with Gasteiger partial charge < -0.3 is 10.1 Å². The van der Waals surface area contributed by atoms with Gasteiger partial charge in [0.2, 0.25) is 5.91 Å². The Morgan fingerprint density at radius 1 is 1.00 bits per heavy atom. The van der Waals surface area contributed by atoms with Crippen molar-refractivity contribution in [3.05, 3.63) is 0 Å². The SMILES string of the molecule is CCNC(=O)CC[C@H](C)C1CCC2C3C(CC[C@@]21C)[C@@]1(C)CC[C@@H](ONCC(=O)CC)C[C@H]1C[C@H]3OC. The fourth-order valence-corrected chi connectivity index (χ4v) is 9.70. The molecule has 37 heavy (non-hydrogen) atoms. The van der Waals surface area contributed by atoms with Crippen molar-refractivity contribution in [1.29, 1.82) is 0 Å². The molecular weight excluding hydrogens is 464 g/mol. The molecule has 4 rings (SSSR count). The van der Waals surface area contributed by atoms with Gasteiger partial charge in [-0.15, -0.1) is 0 Å². The van der Waals surface area contributed by atoms with Crippen LogP contribution in [0, 0.1) is 46.3 Å². The number of rotatable bonds is 11. The van der Waals surface area contributed by atoms with Crippen LogP contribution in [0.3, 0.4) is 0 Å². The highest BCUT2D eigenvalue weighted by atomic mass is 16.7. The summed E-state index contributed by atoms with van der Waals surface area (Å²) in [7, 11) is 1.94. The third kappa shape index (κ3) is 5.68. The molecule has 0 aromatic carbocycles. The molecule has 0 saturated heterocycles. The Morgan fingerprint density at radius 3 is 2.43 bits per heavy atom. The van der Waals surface area contributed by atoms with Crippen molar-refractivity contribution in [3.8, 4) is 0 Å². The molecule has 4 fully saturated rings. The van der Waals surface area contributed by atoms with Crippen molar-refractivity contribution in [2.45, 2.75) is 117 Å². The molecule has 4 aliphatic rings. The maximum Gasteiger partial charge on any atom is 0.219 e. The molecule has 2 N–H and O–H groups in total. The van der Waals surface area contributed by atoms with E-state index in [1.54, 1.807) is 0 Å². The molecule has 4 saturated carbocycles. The van der Waals surface area contributed by atoms with E-state index in [4.69, 9.17) is 9.57 Å². The fraction of sp³-hybridized carbons (Fsp3) is 0.935. The lowest BCUT2D eigenvalue weighted by atomic mass is 9.43. The molecule has 0 aromatic heterocycles. The standard InChI is InChI=1S/C31H54N2O4/c1-7-22(34)19-33-37-23-13-15-30(4)21(17-23)18-27(36-6)29-25-11-10-24(31(25,5)16-14-26(29)30)20(3)9-12-28(35)32-8-2/h20-21,23-27,29,33H,7-19H2,1-6H3,(H,32,35)/t20-,21-,23+,24?,25?,26?,27+,29?,30-,31+/m0/s1. The van der Waals surface area contributed by atoms with E-state index in [-0.39, 0.29) is 17.8 Å². The maximum absolute atomic E-state index is 12.1. The third-order valence-corrected chi connectivity index (χ3v) is 11.8. The molecule has 0 aliphatic heterocycles. The molecule has 0 spiro atoms. The van der Waals surface area contributed by atoms with Gasteiger partial charge in [0.15, 0.2) is 0 Å². The van der Waals surface area contributed by atoms with Crippen molar-refractivity contribution in [1.82, 2.24) is 10.8 Å². The number of Topliss-reactive ketones (excluding diaryl/α,β-unsaturated/α-hetero) is 1. The van der Waals surface area contributed by atoms with E-state index in [0.717, 1.165) is 38.1 Å². The molecular formula is C31H54N2O4. The van der Waals surface area contributed by atoms with Gasteiger partial charge in [-0.3, -0.25) is 14.4 Å². The molecule has 0 bridgehead atoms. The van der Waals surface area contributed by atoms with Gasteiger partial charge in [-0.1, -0.05) is 27.7 Å². The molecule has 6 heteroatoms. The zero-order valence-corrected chi connectivity index (χ0v) is 24.4. The number of carbonyl (C=O) groups excluding carboxylic acids is 2. The van der Waals surface area contributed by atoms with E-state index in [1.807, 2.05) is 21.0 Å². The Labute approximate surface area is 225 Å². The van der Waals surface area contributed by atoms with Gasteiger partial charge in [0.25, 0.3) is 0 Å². The highest BCUT2D eigenvalue weighted by molar-refractivity contribution is 5.79. The normalized spacial score (nSPS) is 41.8. The van der Waals surface area contributed by atoms with Gasteiger partial charge in [0.1, 0.15) is 5.78 Å². The van der Waals surface area contributed by atoms with E-state index < -0.39 is 0 Å². The smallest absolute Gasteiger partial charge is 0.219 e. The minimum absolute atomic E-state index is 0.187. The van der Waals surface area contributed by atoms with Crippen LogP contribution < -0.4 is 10.8 Å². The summed E-state index contributed by atoms with van der Waals surface area (Å²) in [6, 6.07) is 0. The number of fused-ring (bicyclic) bond motifs is 5. The lowest BCUT2D eigenvalue weighted by Crippen LogP contribution is -2.59. The van der Waals surface area contributed by atoms with Crippen molar-refractivity contribution in [2.75, 3.05) is 20.2 Å². The van der Waals surface area contributed by atoms with Crippen LogP contribution in [0.4, 0.5) is 0 Å². The number of ether oxygens (including phenoxy) is 1. The Balaban J connectivity index is 1.43. The molecule has 6 nitrogen and oxygen atoms in total.